The van der Waals surface area contributed by atoms with Gasteiger partial charge in [-0.25, -0.2) is 0 Å². The van der Waals surface area contributed by atoms with E-state index in [0.717, 1.165) is 12.1 Å². The second-order valence-corrected chi connectivity index (χ2v) is 4.17. The van der Waals surface area contributed by atoms with Crippen molar-refractivity contribution in [1.82, 2.24) is 9.97 Å². The van der Waals surface area contributed by atoms with Crippen molar-refractivity contribution in [2.24, 2.45) is 11.8 Å². The van der Waals surface area contributed by atoms with Gasteiger partial charge in [-0.15, -0.1) is 0 Å². The molecule has 1 N–H and O–H groups in total. The highest BCUT2D eigenvalue weighted by atomic mass is 16.4. The summed E-state index contributed by atoms with van der Waals surface area (Å²) >= 11 is 0. The zero-order valence-electron chi connectivity index (χ0n) is 9.92. The van der Waals surface area contributed by atoms with Crippen molar-refractivity contribution < 1.29 is 9.90 Å². The number of carboxylic acid groups (broad SMARTS) is 1. The van der Waals surface area contributed by atoms with E-state index in [4.69, 9.17) is 0 Å². The predicted octanol–water partition coefficient (Wildman–Crippen LogP) is 2.33. The summed E-state index contributed by atoms with van der Waals surface area (Å²) in [5, 5.41) is 9.26. The van der Waals surface area contributed by atoms with Crippen molar-refractivity contribution in [3.63, 3.8) is 0 Å². The van der Waals surface area contributed by atoms with Gasteiger partial charge in [-0.3, -0.25) is 14.8 Å². The smallest absolute Gasteiger partial charge is 0.307 e. The average molecular weight is 222 g/mol. The van der Waals surface area contributed by atoms with Gasteiger partial charge in [0.15, 0.2) is 0 Å². The summed E-state index contributed by atoms with van der Waals surface area (Å²) in [6.07, 6.45) is 5.68. The van der Waals surface area contributed by atoms with Crippen LogP contribution in [0.3, 0.4) is 0 Å². The Morgan fingerprint density at radius 2 is 2.12 bits per heavy atom. The summed E-state index contributed by atoms with van der Waals surface area (Å²) in [6.45, 7) is 5.87. The molecule has 0 saturated carbocycles. The highest BCUT2D eigenvalue weighted by Gasteiger charge is 2.31. The number of carboxylic acids is 1. The molecule has 0 aliphatic carbocycles. The molecule has 0 aliphatic rings. The predicted molar refractivity (Wildman–Crippen MR) is 61.0 cm³/mol. The van der Waals surface area contributed by atoms with Gasteiger partial charge < -0.3 is 5.11 Å². The van der Waals surface area contributed by atoms with Crippen LogP contribution < -0.4 is 0 Å². The lowest BCUT2D eigenvalue weighted by molar-refractivity contribution is -0.144. The van der Waals surface area contributed by atoms with Crippen LogP contribution in [0.5, 0.6) is 0 Å². The Morgan fingerprint density at radius 1 is 1.44 bits per heavy atom. The standard InChI is InChI=1S/C12H18N2O2/c1-4-8(2)11(12(15)16)9(3)10-7-13-5-6-14-10/h5-9,11H,4H2,1-3H3,(H,15,16). The van der Waals surface area contributed by atoms with Crippen LogP contribution in [0.4, 0.5) is 0 Å². The summed E-state index contributed by atoms with van der Waals surface area (Å²) in [7, 11) is 0. The van der Waals surface area contributed by atoms with Crippen molar-refractivity contribution in [3.05, 3.63) is 24.3 Å². The van der Waals surface area contributed by atoms with Crippen molar-refractivity contribution in [3.8, 4) is 0 Å². The molecule has 0 radical (unpaired) electrons. The fraction of sp³-hybridized carbons (Fsp3) is 0.583. The third-order valence-electron chi connectivity index (χ3n) is 3.13. The third kappa shape index (κ3) is 2.78. The topological polar surface area (TPSA) is 63.1 Å². The zero-order chi connectivity index (χ0) is 12.1. The number of carbonyl (C=O) groups is 1. The van der Waals surface area contributed by atoms with Crippen LogP contribution in [0, 0.1) is 11.8 Å². The van der Waals surface area contributed by atoms with Gasteiger partial charge in [0.25, 0.3) is 0 Å². The molecule has 0 fully saturated rings. The van der Waals surface area contributed by atoms with Crippen LogP contribution in [0.1, 0.15) is 38.8 Å². The van der Waals surface area contributed by atoms with Gasteiger partial charge in [-0.05, 0) is 5.92 Å². The summed E-state index contributed by atoms with van der Waals surface area (Å²) < 4.78 is 0. The highest BCUT2D eigenvalue weighted by molar-refractivity contribution is 5.71. The summed E-state index contributed by atoms with van der Waals surface area (Å²) in [4.78, 5) is 19.4. The molecule has 0 spiro atoms. The molecule has 1 aromatic heterocycles. The largest absolute Gasteiger partial charge is 0.481 e. The first kappa shape index (κ1) is 12.6. The SMILES string of the molecule is CCC(C)C(C(=O)O)C(C)c1cnccn1. The highest BCUT2D eigenvalue weighted by Crippen LogP contribution is 2.30. The molecule has 16 heavy (non-hydrogen) atoms. The van der Waals surface area contributed by atoms with Crippen molar-refractivity contribution in [1.29, 1.82) is 0 Å². The first-order valence-corrected chi connectivity index (χ1v) is 5.56. The lowest BCUT2D eigenvalue weighted by atomic mass is 9.80. The number of aliphatic carboxylic acids is 1. The molecule has 1 heterocycles. The minimum atomic E-state index is -0.757. The Balaban J connectivity index is 2.92. The van der Waals surface area contributed by atoms with Gasteiger partial charge >= 0.3 is 5.97 Å². The van der Waals surface area contributed by atoms with Gasteiger partial charge in [0, 0.05) is 24.5 Å². The molecular weight excluding hydrogens is 204 g/mol. The van der Waals surface area contributed by atoms with E-state index >= 15 is 0 Å². The Labute approximate surface area is 95.7 Å². The number of hydrogen-bond acceptors (Lipinski definition) is 3. The minimum absolute atomic E-state index is 0.110. The Hall–Kier alpha value is -1.45. The van der Waals surface area contributed by atoms with Crippen LogP contribution in [0.15, 0.2) is 18.6 Å². The summed E-state index contributed by atoms with van der Waals surface area (Å²) in [5.74, 6) is -1.13. The molecule has 4 heteroatoms. The Morgan fingerprint density at radius 3 is 2.56 bits per heavy atom. The second kappa shape index (κ2) is 5.58. The van der Waals surface area contributed by atoms with E-state index < -0.39 is 11.9 Å². The zero-order valence-corrected chi connectivity index (χ0v) is 9.92. The van der Waals surface area contributed by atoms with Gasteiger partial charge in [0.05, 0.1) is 11.6 Å². The first-order valence-electron chi connectivity index (χ1n) is 5.56. The molecule has 1 rings (SSSR count). The average Bonchev–Trinajstić information content (AvgIpc) is 2.29. The number of aromatic nitrogens is 2. The van der Waals surface area contributed by atoms with E-state index in [0.29, 0.717) is 0 Å². The number of hydrogen-bond donors (Lipinski definition) is 1. The molecule has 0 amide bonds. The van der Waals surface area contributed by atoms with Crippen LogP contribution in [-0.2, 0) is 4.79 Å². The van der Waals surface area contributed by atoms with Gasteiger partial charge in [0.2, 0.25) is 0 Å². The molecule has 88 valence electrons. The van der Waals surface area contributed by atoms with E-state index in [1.807, 2.05) is 20.8 Å². The van der Waals surface area contributed by atoms with E-state index in [1.165, 1.54) is 0 Å². The maximum atomic E-state index is 11.3. The maximum Gasteiger partial charge on any atom is 0.307 e. The molecule has 4 nitrogen and oxygen atoms in total. The van der Waals surface area contributed by atoms with Crippen molar-refractivity contribution >= 4 is 5.97 Å². The Kier molecular flexibility index (Phi) is 4.40. The van der Waals surface area contributed by atoms with Gasteiger partial charge in [0.1, 0.15) is 0 Å². The molecule has 1 aromatic rings. The Bertz CT molecular complexity index is 340. The quantitative estimate of drug-likeness (QED) is 0.830. The third-order valence-corrected chi connectivity index (χ3v) is 3.13. The lowest BCUT2D eigenvalue weighted by Gasteiger charge is -2.24. The summed E-state index contributed by atoms with van der Waals surface area (Å²) in [5.41, 5.74) is 0.746. The van der Waals surface area contributed by atoms with Crippen molar-refractivity contribution in [2.75, 3.05) is 0 Å². The molecule has 0 aromatic carbocycles. The summed E-state index contributed by atoms with van der Waals surface area (Å²) in [6, 6.07) is 0. The molecule has 0 bridgehead atoms. The second-order valence-electron chi connectivity index (χ2n) is 4.17. The first-order chi connectivity index (χ1) is 7.57. The number of nitrogens with zero attached hydrogens (tertiary/aromatic N) is 2. The molecule has 3 unspecified atom stereocenters. The monoisotopic (exact) mass is 222 g/mol. The van der Waals surface area contributed by atoms with Crippen LogP contribution in [0.2, 0.25) is 0 Å². The van der Waals surface area contributed by atoms with E-state index in [1.54, 1.807) is 18.6 Å². The van der Waals surface area contributed by atoms with Gasteiger partial charge in [-0.2, -0.15) is 0 Å². The van der Waals surface area contributed by atoms with Crippen LogP contribution in [0.25, 0.3) is 0 Å². The van der Waals surface area contributed by atoms with Crippen LogP contribution in [-0.4, -0.2) is 21.0 Å². The lowest BCUT2D eigenvalue weighted by Crippen LogP contribution is -2.27. The minimum Gasteiger partial charge on any atom is -0.481 e. The molecule has 0 aliphatic heterocycles. The maximum absolute atomic E-state index is 11.3. The molecular formula is C12H18N2O2. The fourth-order valence-electron chi connectivity index (χ4n) is 1.93. The van der Waals surface area contributed by atoms with Crippen molar-refractivity contribution in [2.45, 2.75) is 33.1 Å². The molecule has 3 atom stereocenters. The van der Waals surface area contributed by atoms with E-state index in [9.17, 15) is 9.90 Å². The van der Waals surface area contributed by atoms with E-state index in [2.05, 4.69) is 9.97 Å². The van der Waals surface area contributed by atoms with Gasteiger partial charge in [-0.1, -0.05) is 27.2 Å². The number of rotatable bonds is 5. The normalized spacial score (nSPS) is 16.4. The molecule has 0 saturated heterocycles. The van der Waals surface area contributed by atoms with Crippen LogP contribution >= 0.6 is 0 Å². The van der Waals surface area contributed by atoms with E-state index in [-0.39, 0.29) is 11.8 Å². The fourth-order valence-corrected chi connectivity index (χ4v) is 1.93.